The second kappa shape index (κ2) is 5.97. The first kappa shape index (κ1) is 14.3. The number of hydrogen-bond acceptors (Lipinski definition) is 3. The molecule has 0 radical (unpaired) electrons. The number of aromatic nitrogens is 3. The minimum atomic E-state index is 0.115. The summed E-state index contributed by atoms with van der Waals surface area (Å²) < 4.78 is 2.77. The lowest BCUT2D eigenvalue weighted by atomic mass is 10.2. The minimum Gasteiger partial charge on any atom is -0.344 e. The minimum absolute atomic E-state index is 0.115. The lowest BCUT2D eigenvalue weighted by Crippen LogP contribution is -2.31. The summed E-state index contributed by atoms with van der Waals surface area (Å²) in [5.74, 6) is 1.58. The van der Waals surface area contributed by atoms with E-state index in [1.54, 1.807) is 18.6 Å². The summed E-state index contributed by atoms with van der Waals surface area (Å²) in [7, 11) is 1.87. The van der Waals surface area contributed by atoms with Crippen molar-refractivity contribution in [2.24, 2.45) is 5.92 Å². The first-order chi connectivity index (χ1) is 10.1. The predicted octanol–water partition coefficient (Wildman–Crippen LogP) is 2.58. The highest BCUT2D eigenvalue weighted by molar-refractivity contribution is 9.10. The quantitative estimate of drug-likeness (QED) is 0.834. The molecule has 5 nitrogen and oxygen atoms in total. The zero-order chi connectivity index (χ0) is 14.8. The number of carbonyl (C=O) groups is 1. The lowest BCUT2D eigenvalue weighted by molar-refractivity contribution is -0.130. The summed E-state index contributed by atoms with van der Waals surface area (Å²) in [6, 6.07) is 1.95. The molecular formula is C15H17BrN4O. The molecule has 0 atom stereocenters. The molecule has 0 bridgehead atoms. The highest BCUT2D eigenvalue weighted by atomic mass is 79.9. The molecule has 110 valence electrons. The average Bonchev–Trinajstić information content (AvgIpc) is 3.15. The maximum Gasteiger partial charge on any atom is 0.242 e. The van der Waals surface area contributed by atoms with Gasteiger partial charge in [0.25, 0.3) is 0 Å². The highest BCUT2D eigenvalue weighted by Gasteiger charge is 2.25. The van der Waals surface area contributed by atoms with E-state index in [0.717, 1.165) is 22.4 Å². The van der Waals surface area contributed by atoms with Gasteiger partial charge in [0.1, 0.15) is 12.4 Å². The third-order valence-corrected chi connectivity index (χ3v) is 4.07. The predicted molar refractivity (Wildman–Crippen MR) is 83.5 cm³/mol. The van der Waals surface area contributed by atoms with Crippen molar-refractivity contribution < 1.29 is 4.79 Å². The maximum atomic E-state index is 12.3. The van der Waals surface area contributed by atoms with Crippen LogP contribution < -0.4 is 0 Å². The fourth-order valence-corrected chi connectivity index (χ4v) is 2.65. The largest absolute Gasteiger partial charge is 0.344 e. The summed E-state index contributed by atoms with van der Waals surface area (Å²) in [6.45, 7) is 1.17. The molecule has 2 heterocycles. The van der Waals surface area contributed by atoms with E-state index in [1.165, 1.54) is 12.8 Å². The topological polar surface area (TPSA) is 51.0 Å². The number of imidazole rings is 1. The zero-order valence-corrected chi connectivity index (χ0v) is 13.5. The monoisotopic (exact) mass is 348 g/mol. The Kier molecular flexibility index (Phi) is 4.05. The molecule has 0 unspecified atom stereocenters. The Morgan fingerprint density at radius 3 is 3.00 bits per heavy atom. The number of amides is 1. The molecule has 1 fully saturated rings. The second-order valence-electron chi connectivity index (χ2n) is 5.49. The van der Waals surface area contributed by atoms with Crippen molar-refractivity contribution >= 4 is 21.8 Å². The Morgan fingerprint density at radius 2 is 2.29 bits per heavy atom. The molecule has 0 aliphatic heterocycles. The Morgan fingerprint density at radius 1 is 1.48 bits per heavy atom. The van der Waals surface area contributed by atoms with Crippen molar-refractivity contribution in [1.82, 2.24) is 19.4 Å². The number of carbonyl (C=O) groups excluding carboxylic acids is 1. The zero-order valence-electron chi connectivity index (χ0n) is 11.9. The van der Waals surface area contributed by atoms with Crippen molar-refractivity contribution in [1.29, 1.82) is 0 Å². The van der Waals surface area contributed by atoms with Gasteiger partial charge < -0.3 is 9.47 Å². The van der Waals surface area contributed by atoms with E-state index in [2.05, 4.69) is 25.9 Å². The number of halogens is 1. The Labute approximate surface area is 132 Å². The van der Waals surface area contributed by atoms with Gasteiger partial charge in [-0.3, -0.25) is 9.78 Å². The third-order valence-electron chi connectivity index (χ3n) is 3.64. The van der Waals surface area contributed by atoms with Gasteiger partial charge in [0.2, 0.25) is 5.91 Å². The smallest absolute Gasteiger partial charge is 0.242 e. The molecule has 1 aliphatic rings. The van der Waals surface area contributed by atoms with Gasteiger partial charge in [0.15, 0.2) is 0 Å². The van der Waals surface area contributed by atoms with Gasteiger partial charge in [-0.1, -0.05) is 0 Å². The fraction of sp³-hybridized carbons (Fsp3) is 0.400. The first-order valence-electron chi connectivity index (χ1n) is 6.99. The van der Waals surface area contributed by atoms with E-state index >= 15 is 0 Å². The molecule has 1 amide bonds. The van der Waals surface area contributed by atoms with Gasteiger partial charge in [-0.2, -0.15) is 0 Å². The van der Waals surface area contributed by atoms with Gasteiger partial charge in [0.05, 0.1) is 0 Å². The normalized spacial score (nSPS) is 14.2. The van der Waals surface area contributed by atoms with Crippen LogP contribution in [0.2, 0.25) is 0 Å². The van der Waals surface area contributed by atoms with Crippen LogP contribution in [0, 0.1) is 5.92 Å². The third kappa shape index (κ3) is 3.50. The van der Waals surface area contributed by atoms with Crippen LogP contribution in [0.1, 0.15) is 12.8 Å². The van der Waals surface area contributed by atoms with Gasteiger partial charge in [-0.05, 0) is 40.8 Å². The molecule has 1 saturated carbocycles. The van der Waals surface area contributed by atoms with E-state index in [4.69, 9.17) is 0 Å². The molecule has 0 aromatic carbocycles. The second-order valence-corrected chi connectivity index (χ2v) is 6.40. The Hall–Kier alpha value is -1.69. The van der Waals surface area contributed by atoms with Crippen molar-refractivity contribution in [3.8, 4) is 11.4 Å². The van der Waals surface area contributed by atoms with Gasteiger partial charge in [-0.25, -0.2) is 4.98 Å². The Balaban J connectivity index is 1.74. The SMILES string of the molecule is CN(CC1CC1)C(=O)Cn1ccnc1-c1cncc(Br)c1. The number of nitrogens with zero attached hydrogens (tertiary/aromatic N) is 4. The van der Waals surface area contributed by atoms with Crippen molar-refractivity contribution in [3.63, 3.8) is 0 Å². The molecule has 2 aromatic rings. The molecule has 0 saturated heterocycles. The lowest BCUT2D eigenvalue weighted by Gasteiger charge is -2.17. The van der Waals surface area contributed by atoms with Crippen LogP contribution >= 0.6 is 15.9 Å². The average molecular weight is 349 g/mol. The summed E-state index contributed by atoms with van der Waals surface area (Å²) in [6.07, 6.45) is 9.52. The molecule has 1 aliphatic carbocycles. The molecule has 21 heavy (non-hydrogen) atoms. The van der Waals surface area contributed by atoms with Crippen molar-refractivity contribution in [2.75, 3.05) is 13.6 Å². The van der Waals surface area contributed by atoms with E-state index in [9.17, 15) is 4.79 Å². The van der Waals surface area contributed by atoms with Crippen LogP contribution in [0.15, 0.2) is 35.3 Å². The maximum absolute atomic E-state index is 12.3. The first-order valence-corrected chi connectivity index (χ1v) is 7.79. The Bertz CT molecular complexity index is 651. The van der Waals surface area contributed by atoms with Crippen LogP contribution in [0.25, 0.3) is 11.4 Å². The van der Waals surface area contributed by atoms with E-state index in [-0.39, 0.29) is 5.91 Å². The number of likely N-dealkylation sites (N-methyl/N-ethyl adjacent to an activating group) is 1. The molecule has 2 aromatic heterocycles. The summed E-state index contributed by atoms with van der Waals surface area (Å²) >= 11 is 3.41. The molecule has 0 spiro atoms. The van der Waals surface area contributed by atoms with E-state index in [0.29, 0.717) is 12.5 Å². The van der Waals surface area contributed by atoms with Crippen LogP contribution in [-0.2, 0) is 11.3 Å². The number of pyridine rings is 1. The summed E-state index contributed by atoms with van der Waals surface area (Å²) in [4.78, 5) is 22.6. The fourth-order valence-electron chi connectivity index (χ4n) is 2.29. The molecule has 3 rings (SSSR count). The van der Waals surface area contributed by atoms with Crippen LogP contribution in [0.3, 0.4) is 0 Å². The number of hydrogen-bond donors (Lipinski definition) is 0. The summed E-state index contributed by atoms with van der Waals surface area (Å²) in [5.41, 5.74) is 0.895. The molecule has 0 N–H and O–H groups in total. The van der Waals surface area contributed by atoms with E-state index < -0.39 is 0 Å². The van der Waals surface area contributed by atoms with Crippen molar-refractivity contribution in [3.05, 3.63) is 35.3 Å². The van der Waals surface area contributed by atoms with Crippen LogP contribution in [0.5, 0.6) is 0 Å². The summed E-state index contributed by atoms with van der Waals surface area (Å²) in [5, 5.41) is 0. The van der Waals surface area contributed by atoms with Gasteiger partial charge in [-0.15, -0.1) is 0 Å². The molecule has 6 heteroatoms. The van der Waals surface area contributed by atoms with Gasteiger partial charge in [0, 0.05) is 48.4 Å². The van der Waals surface area contributed by atoms with E-state index in [1.807, 2.05) is 28.8 Å². The molecular weight excluding hydrogens is 332 g/mol. The number of rotatable bonds is 5. The standard InChI is InChI=1S/C15H17BrN4O/c1-19(9-11-2-3-11)14(21)10-20-5-4-18-15(20)12-6-13(16)8-17-7-12/h4-8,11H,2-3,9-10H2,1H3. The highest BCUT2D eigenvalue weighted by Crippen LogP contribution is 2.29. The van der Waals surface area contributed by atoms with Crippen LogP contribution in [-0.4, -0.2) is 38.9 Å². The van der Waals surface area contributed by atoms with Crippen molar-refractivity contribution in [2.45, 2.75) is 19.4 Å². The van der Waals surface area contributed by atoms with Crippen LogP contribution in [0.4, 0.5) is 0 Å². The van der Waals surface area contributed by atoms with Gasteiger partial charge >= 0.3 is 0 Å².